The van der Waals surface area contributed by atoms with Crippen LogP contribution in [-0.2, 0) is 0 Å². The van der Waals surface area contributed by atoms with Gasteiger partial charge in [-0.05, 0) is 20.4 Å². The molecule has 0 radical (unpaired) electrons. The van der Waals surface area contributed by atoms with Gasteiger partial charge in [0.2, 0.25) is 0 Å². The lowest BCUT2D eigenvalue weighted by Gasteiger charge is -2.24. The molecular weight excluding hydrogens is 122 g/mol. The van der Waals surface area contributed by atoms with E-state index in [-0.39, 0.29) is 0 Å². The largest absolute Gasteiger partial charge is 0.289 e. The summed E-state index contributed by atoms with van der Waals surface area (Å²) in [6.45, 7) is 2.94. The maximum absolute atomic E-state index is 3.16. The molecule has 1 heteroatoms. The summed E-state index contributed by atoms with van der Waals surface area (Å²) in [5.41, 5.74) is 0. The third kappa shape index (κ3) is 1.62. The zero-order valence-electron chi connectivity index (χ0n) is 6.59. The predicted octanol–water partition coefficient (Wildman–Crippen LogP) is 1.27. The van der Waals surface area contributed by atoms with Crippen LogP contribution in [0.25, 0.3) is 0 Å². The maximum atomic E-state index is 3.16. The van der Waals surface area contributed by atoms with Crippen LogP contribution in [-0.4, -0.2) is 24.5 Å². The van der Waals surface area contributed by atoms with Gasteiger partial charge in [0.1, 0.15) is 0 Å². The van der Waals surface area contributed by atoms with Crippen LogP contribution in [0.3, 0.4) is 0 Å². The molecule has 1 aliphatic rings. The molecule has 0 aromatic heterocycles. The monoisotopic (exact) mass is 135 g/mol. The molecule has 1 atom stereocenters. The molecule has 0 saturated heterocycles. The van der Waals surface area contributed by atoms with Crippen molar-refractivity contribution in [2.24, 2.45) is 0 Å². The Kier molecular flexibility index (Phi) is 2.53. The first-order valence-electron chi connectivity index (χ1n) is 3.62. The molecule has 1 heterocycles. The molecule has 0 saturated carbocycles. The van der Waals surface area contributed by atoms with Crippen molar-refractivity contribution in [1.82, 2.24) is 4.90 Å². The fourth-order valence-corrected chi connectivity index (χ4v) is 1.11. The lowest BCUT2D eigenvalue weighted by molar-refractivity contribution is 0.309. The summed E-state index contributed by atoms with van der Waals surface area (Å²) in [5, 5.41) is 0. The standard InChI is InChI=1S/C9H13N/c1-3-6-9-7-4-5-8-10(9)2/h4-5,9H,7-8H2,1-2H3. The molecule has 0 N–H and O–H groups in total. The Labute approximate surface area is 62.7 Å². The van der Waals surface area contributed by atoms with E-state index in [4.69, 9.17) is 0 Å². The lowest BCUT2D eigenvalue weighted by atomic mass is 10.1. The normalized spacial score (nSPS) is 25.6. The summed E-state index contributed by atoms with van der Waals surface area (Å²) < 4.78 is 0. The summed E-state index contributed by atoms with van der Waals surface area (Å²) in [7, 11) is 2.11. The van der Waals surface area contributed by atoms with Crippen LogP contribution in [0.5, 0.6) is 0 Å². The Morgan fingerprint density at radius 2 is 2.30 bits per heavy atom. The second-order valence-corrected chi connectivity index (χ2v) is 2.56. The van der Waals surface area contributed by atoms with Gasteiger partial charge < -0.3 is 0 Å². The van der Waals surface area contributed by atoms with Gasteiger partial charge in [-0.1, -0.05) is 18.1 Å². The molecule has 0 amide bonds. The van der Waals surface area contributed by atoms with Gasteiger partial charge in [-0.25, -0.2) is 0 Å². The van der Waals surface area contributed by atoms with Crippen molar-refractivity contribution in [3.8, 4) is 11.8 Å². The molecule has 0 bridgehead atoms. The van der Waals surface area contributed by atoms with Crippen LogP contribution in [0.1, 0.15) is 13.3 Å². The average molecular weight is 135 g/mol. The van der Waals surface area contributed by atoms with E-state index in [9.17, 15) is 0 Å². The third-order valence-electron chi connectivity index (χ3n) is 1.76. The molecule has 54 valence electrons. The summed E-state index contributed by atoms with van der Waals surface area (Å²) in [6.07, 6.45) is 5.47. The van der Waals surface area contributed by atoms with Gasteiger partial charge in [0, 0.05) is 6.54 Å². The molecule has 10 heavy (non-hydrogen) atoms. The lowest BCUT2D eigenvalue weighted by Crippen LogP contribution is -2.32. The Bertz CT molecular complexity index is 183. The topological polar surface area (TPSA) is 3.24 Å². The minimum atomic E-state index is 0.454. The zero-order chi connectivity index (χ0) is 7.40. The number of likely N-dealkylation sites (N-methyl/N-ethyl adjacent to an activating group) is 1. The molecule has 0 aromatic rings. The Morgan fingerprint density at radius 1 is 1.50 bits per heavy atom. The van der Waals surface area contributed by atoms with Crippen molar-refractivity contribution in [1.29, 1.82) is 0 Å². The quantitative estimate of drug-likeness (QED) is 0.357. The minimum Gasteiger partial charge on any atom is -0.289 e. The Morgan fingerprint density at radius 3 is 2.90 bits per heavy atom. The molecule has 0 fully saturated rings. The van der Waals surface area contributed by atoms with Crippen LogP contribution < -0.4 is 0 Å². The average Bonchev–Trinajstić information content (AvgIpc) is 1.94. The van der Waals surface area contributed by atoms with E-state index in [1.807, 2.05) is 6.92 Å². The Hall–Kier alpha value is -0.740. The van der Waals surface area contributed by atoms with Crippen LogP contribution in [0.2, 0.25) is 0 Å². The van der Waals surface area contributed by atoms with E-state index < -0.39 is 0 Å². The molecule has 0 aromatic carbocycles. The number of rotatable bonds is 0. The van der Waals surface area contributed by atoms with Crippen molar-refractivity contribution in [2.45, 2.75) is 19.4 Å². The van der Waals surface area contributed by atoms with Crippen LogP contribution >= 0.6 is 0 Å². The van der Waals surface area contributed by atoms with Crippen LogP contribution in [0.4, 0.5) is 0 Å². The first kappa shape index (κ1) is 7.37. The summed E-state index contributed by atoms with van der Waals surface area (Å²) in [6, 6.07) is 0.454. The second-order valence-electron chi connectivity index (χ2n) is 2.56. The fourth-order valence-electron chi connectivity index (χ4n) is 1.11. The predicted molar refractivity (Wildman–Crippen MR) is 43.6 cm³/mol. The zero-order valence-corrected chi connectivity index (χ0v) is 6.59. The first-order chi connectivity index (χ1) is 4.84. The first-order valence-corrected chi connectivity index (χ1v) is 3.62. The number of hydrogen-bond acceptors (Lipinski definition) is 1. The second kappa shape index (κ2) is 3.43. The van der Waals surface area contributed by atoms with E-state index in [0.29, 0.717) is 6.04 Å². The maximum Gasteiger partial charge on any atom is 0.0749 e. The summed E-state index contributed by atoms with van der Waals surface area (Å²) in [4.78, 5) is 2.26. The van der Waals surface area contributed by atoms with Gasteiger partial charge in [0.05, 0.1) is 6.04 Å². The van der Waals surface area contributed by atoms with E-state index in [1.54, 1.807) is 0 Å². The van der Waals surface area contributed by atoms with E-state index in [2.05, 4.69) is 35.9 Å². The molecule has 1 rings (SSSR count). The van der Waals surface area contributed by atoms with Gasteiger partial charge in [-0.3, -0.25) is 4.90 Å². The highest BCUT2D eigenvalue weighted by Gasteiger charge is 2.11. The molecular formula is C9H13N. The summed E-state index contributed by atoms with van der Waals surface area (Å²) >= 11 is 0. The highest BCUT2D eigenvalue weighted by molar-refractivity contribution is 5.11. The van der Waals surface area contributed by atoms with Gasteiger partial charge in [-0.15, -0.1) is 5.92 Å². The number of nitrogens with zero attached hydrogens (tertiary/aromatic N) is 1. The Balaban J connectivity index is 2.56. The fraction of sp³-hybridized carbons (Fsp3) is 0.556. The van der Waals surface area contributed by atoms with Crippen molar-refractivity contribution in [3.63, 3.8) is 0 Å². The molecule has 1 unspecified atom stereocenters. The number of hydrogen-bond donors (Lipinski definition) is 0. The van der Waals surface area contributed by atoms with Crippen molar-refractivity contribution in [3.05, 3.63) is 12.2 Å². The van der Waals surface area contributed by atoms with E-state index >= 15 is 0 Å². The highest BCUT2D eigenvalue weighted by atomic mass is 15.1. The van der Waals surface area contributed by atoms with Gasteiger partial charge in [0.15, 0.2) is 0 Å². The summed E-state index contributed by atoms with van der Waals surface area (Å²) in [5.74, 6) is 6.10. The van der Waals surface area contributed by atoms with Crippen molar-refractivity contribution in [2.75, 3.05) is 13.6 Å². The smallest absolute Gasteiger partial charge is 0.0749 e. The highest BCUT2D eigenvalue weighted by Crippen LogP contribution is 2.06. The van der Waals surface area contributed by atoms with Gasteiger partial charge >= 0.3 is 0 Å². The van der Waals surface area contributed by atoms with Gasteiger partial charge in [0.25, 0.3) is 0 Å². The minimum absolute atomic E-state index is 0.454. The molecule has 0 aliphatic carbocycles. The molecule has 1 nitrogen and oxygen atoms in total. The van der Waals surface area contributed by atoms with Gasteiger partial charge in [-0.2, -0.15) is 0 Å². The van der Waals surface area contributed by atoms with Crippen molar-refractivity contribution < 1.29 is 0 Å². The van der Waals surface area contributed by atoms with E-state index in [0.717, 1.165) is 13.0 Å². The van der Waals surface area contributed by atoms with Crippen molar-refractivity contribution >= 4 is 0 Å². The SMILES string of the molecule is CC#CC1CC=CCN1C. The van der Waals surface area contributed by atoms with Crippen LogP contribution in [0, 0.1) is 11.8 Å². The third-order valence-corrected chi connectivity index (χ3v) is 1.76. The molecule has 0 spiro atoms. The van der Waals surface area contributed by atoms with Crippen LogP contribution in [0.15, 0.2) is 12.2 Å². The van der Waals surface area contributed by atoms with E-state index in [1.165, 1.54) is 0 Å². The molecule has 1 aliphatic heterocycles.